The number of benzene rings is 2. The fraction of sp³-hybridized carbons (Fsp3) is 0.111. The van der Waals surface area contributed by atoms with Gasteiger partial charge in [0, 0.05) is 23.6 Å². The number of alkyl halides is 3. The van der Waals surface area contributed by atoms with Crippen molar-refractivity contribution < 1.29 is 22.7 Å². The third-order valence-corrected chi connectivity index (χ3v) is 3.77. The Balaban J connectivity index is 2.08. The Morgan fingerprint density at radius 3 is 2.23 bits per heavy atom. The second-order valence-corrected chi connectivity index (χ2v) is 5.86. The molecule has 0 unspecified atom stereocenters. The van der Waals surface area contributed by atoms with Crippen LogP contribution in [0.25, 0.3) is 16.9 Å². The molecule has 3 aromatic rings. The average molecular weight is 381 g/mol. The number of esters is 1. The van der Waals surface area contributed by atoms with Crippen LogP contribution in [0.1, 0.15) is 12.5 Å². The zero-order valence-corrected chi connectivity index (χ0v) is 14.2. The summed E-state index contributed by atoms with van der Waals surface area (Å²) in [5.41, 5.74) is 0.817. The van der Waals surface area contributed by atoms with Crippen LogP contribution in [0.3, 0.4) is 0 Å². The van der Waals surface area contributed by atoms with Gasteiger partial charge in [-0.3, -0.25) is 4.79 Å². The van der Waals surface area contributed by atoms with E-state index in [9.17, 15) is 18.0 Å². The normalized spacial score (nSPS) is 11.4. The van der Waals surface area contributed by atoms with Gasteiger partial charge in [-0.1, -0.05) is 23.7 Å². The molecule has 0 N–H and O–H groups in total. The highest BCUT2D eigenvalue weighted by Crippen LogP contribution is 2.32. The van der Waals surface area contributed by atoms with E-state index in [1.807, 2.05) is 0 Å². The van der Waals surface area contributed by atoms with E-state index in [2.05, 4.69) is 5.10 Å². The molecule has 0 saturated carbocycles. The number of carbonyl (C=O) groups excluding carboxylic acids is 1. The number of hydrogen-bond acceptors (Lipinski definition) is 3. The number of carbonyl (C=O) groups is 1. The summed E-state index contributed by atoms with van der Waals surface area (Å²) in [6, 6.07) is 12.8. The predicted octanol–water partition coefficient (Wildman–Crippen LogP) is 5.14. The first-order valence-electron chi connectivity index (χ1n) is 7.46. The van der Waals surface area contributed by atoms with E-state index in [1.165, 1.54) is 29.8 Å². The Morgan fingerprint density at radius 2 is 1.69 bits per heavy atom. The van der Waals surface area contributed by atoms with Gasteiger partial charge in [0.15, 0.2) is 0 Å². The number of nitrogens with zero attached hydrogens (tertiary/aromatic N) is 2. The highest BCUT2D eigenvalue weighted by molar-refractivity contribution is 6.30. The van der Waals surface area contributed by atoms with Crippen LogP contribution in [0.15, 0.2) is 54.6 Å². The van der Waals surface area contributed by atoms with Crippen molar-refractivity contribution in [3.8, 4) is 22.8 Å². The molecule has 0 bridgehead atoms. The summed E-state index contributed by atoms with van der Waals surface area (Å²) in [4.78, 5) is 11.2. The zero-order valence-electron chi connectivity index (χ0n) is 13.4. The monoisotopic (exact) mass is 380 g/mol. The van der Waals surface area contributed by atoms with Crippen molar-refractivity contribution in [2.45, 2.75) is 13.1 Å². The summed E-state index contributed by atoms with van der Waals surface area (Å²) in [6.45, 7) is 1.24. The van der Waals surface area contributed by atoms with Gasteiger partial charge in [0.25, 0.3) is 0 Å². The second-order valence-electron chi connectivity index (χ2n) is 5.42. The van der Waals surface area contributed by atoms with Crippen LogP contribution in [0.2, 0.25) is 5.02 Å². The van der Waals surface area contributed by atoms with Crippen molar-refractivity contribution in [2.24, 2.45) is 0 Å². The molecule has 8 heteroatoms. The van der Waals surface area contributed by atoms with Gasteiger partial charge in [-0.05, 0) is 36.4 Å². The Hall–Kier alpha value is -2.80. The molecule has 1 aromatic heterocycles. The Kier molecular flexibility index (Phi) is 4.73. The topological polar surface area (TPSA) is 44.1 Å². The number of ether oxygens (including phenoxy) is 1. The van der Waals surface area contributed by atoms with E-state index in [0.717, 1.165) is 12.1 Å². The minimum atomic E-state index is -4.42. The lowest BCUT2D eigenvalue weighted by Gasteiger charge is -2.09. The first-order valence-corrected chi connectivity index (χ1v) is 7.84. The minimum Gasteiger partial charge on any atom is -0.406 e. The molecule has 0 radical (unpaired) electrons. The fourth-order valence-corrected chi connectivity index (χ4v) is 2.50. The van der Waals surface area contributed by atoms with Crippen LogP contribution in [0, 0.1) is 0 Å². The van der Waals surface area contributed by atoms with Crippen molar-refractivity contribution in [1.29, 1.82) is 0 Å². The van der Waals surface area contributed by atoms with Crippen LogP contribution in [0.4, 0.5) is 13.2 Å². The Labute approximate surface area is 151 Å². The van der Waals surface area contributed by atoms with Gasteiger partial charge in [-0.25, -0.2) is 4.68 Å². The summed E-state index contributed by atoms with van der Waals surface area (Å²) < 4.78 is 44.8. The quantitative estimate of drug-likeness (QED) is 0.591. The molecule has 0 amide bonds. The van der Waals surface area contributed by atoms with E-state index in [4.69, 9.17) is 16.3 Å². The largest absolute Gasteiger partial charge is 0.416 e. The number of rotatable bonds is 3. The molecule has 4 nitrogen and oxygen atoms in total. The molecular formula is C18H12ClF3N2O2. The summed E-state index contributed by atoms with van der Waals surface area (Å²) >= 11 is 5.88. The molecular weight excluding hydrogens is 369 g/mol. The lowest BCUT2D eigenvalue weighted by atomic mass is 10.1. The summed E-state index contributed by atoms with van der Waals surface area (Å²) in [6.07, 6.45) is -4.42. The third kappa shape index (κ3) is 3.88. The first kappa shape index (κ1) is 18.0. The molecule has 0 aliphatic heterocycles. The first-order chi connectivity index (χ1) is 12.2. The summed E-state index contributed by atoms with van der Waals surface area (Å²) in [5.74, 6) is -0.507. The number of hydrogen-bond donors (Lipinski definition) is 0. The van der Waals surface area contributed by atoms with E-state index in [-0.39, 0.29) is 5.88 Å². The van der Waals surface area contributed by atoms with Crippen LogP contribution in [-0.2, 0) is 11.0 Å². The van der Waals surface area contributed by atoms with Crippen LogP contribution in [-0.4, -0.2) is 15.7 Å². The fourth-order valence-electron chi connectivity index (χ4n) is 2.37. The molecule has 0 aliphatic carbocycles. The second kappa shape index (κ2) is 6.84. The van der Waals surface area contributed by atoms with Crippen LogP contribution < -0.4 is 4.74 Å². The standard InChI is InChI=1S/C18H12ClF3N2O2/c1-11(25)26-17-10-16(12-2-4-13(5-3-12)18(20,21)22)24(23-17)15-8-6-14(19)7-9-15/h2-10H,1H3. The van der Waals surface area contributed by atoms with Gasteiger partial charge in [0.05, 0.1) is 16.9 Å². The van der Waals surface area contributed by atoms with Crippen molar-refractivity contribution in [2.75, 3.05) is 0 Å². The average Bonchev–Trinajstić information content (AvgIpc) is 2.98. The van der Waals surface area contributed by atoms with Gasteiger partial charge < -0.3 is 4.74 Å². The van der Waals surface area contributed by atoms with E-state index >= 15 is 0 Å². The molecule has 0 aliphatic rings. The summed E-state index contributed by atoms with van der Waals surface area (Å²) in [5, 5.41) is 4.73. The molecule has 1 heterocycles. The highest BCUT2D eigenvalue weighted by Gasteiger charge is 2.30. The SMILES string of the molecule is CC(=O)Oc1cc(-c2ccc(C(F)(F)F)cc2)n(-c2ccc(Cl)cc2)n1. The molecule has 134 valence electrons. The third-order valence-electron chi connectivity index (χ3n) is 3.51. The highest BCUT2D eigenvalue weighted by atomic mass is 35.5. The van der Waals surface area contributed by atoms with Crippen molar-refractivity contribution in [1.82, 2.24) is 9.78 Å². The van der Waals surface area contributed by atoms with Crippen molar-refractivity contribution in [3.63, 3.8) is 0 Å². The Morgan fingerprint density at radius 1 is 1.08 bits per heavy atom. The van der Waals surface area contributed by atoms with Gasteiger partial charge in [-0.15, -0.1) is 5.10 Å². The number of aromatic nitrogens is 2. The molecule has 0 atom stereocenters. The lowest BCUT2D eigenvalue weighted by molar-refractivity contribution is -0.137. The van der Waals surface area contributed by atoms with E-state index in [1.54, 1.807) is 24.3 Å². The molecule has 3 rings (SSSR count). The maximum atomic E-state index is 12.8. The van der Waals surface area contributed by atoms with Crippen LogP contribution >= 0.6 is 11.6 Å². The predicted molar refractivity (Wildman–Crippen MR) is 90.3 cm³/mol. The van der Waals surface area contributed by atoms with Crippen molar-refractivity contribution >= 4 is 17.6 Å². The smallest absolute Gasteiger partial charge is 0.406 e. The molecule has 0 spiro atoms. The maximum absolute atomic E-state index is 12.8. The maximum Gasteiger partial charge on any atom is 0.416 e. The Bertz CT molecular complexity index is 933. The number of halogens is 4. The summed E-state index contributed by atoms with van der Waals surface area (Å²) in [7, 11) is 0. The molecule has 26 heavy (non-hydrogen) atoms. The van der Waals surface area contributed by atoms with Crippen LogP contribution in [0.5, 0.6) is 5.88 Å². The van der Waals surface area contributed by atoms with Gasteiger partial charge >= 0.3 is 12.1 Å². The zero-order chi connectivity index (χ0) is 18.9. The minimum absolute atomic E-state index is 0.0438. The van der Waals surface area contributed by atoms with Gasteiger partial charge in [0.1, 0.15) is 0 Å². The van der Waals surface area contributed by atoms with Gasteiger partial charge in [0.2, 0.25) is 5.88 Å². The van der Waals surface area contributed by atoms with Crippen molar-refractivity contribution in [3.05, 3.63) is 65.2 Å². The molecule has 0 fully saturated rings. The molecule has 2 aromatic carbocycles. The van der Waals surface area contributed by atoms with E-state index in [0.29, 0.717) is 22.0 Å². The van der Waals surface area contributed by atoms with Gasteiger partial charge in [-0.2, -0.15) is 13.2 Å². The lowest BCUT2D eigenvalue weighted by Crippen LogP contribution is -2.05. The molecule has 0 saturated heterocycles. The van der Waals surface area contributed by atoms with E-state index < -0.39 is 17.7 Å².